The lowest BCUT2D eigenvalue weighted by Crippen LogP contribution is -2.50. The summed E-state index contributed by atoms with van der Waals surface area (Å²) in [5, 5.41) is 2.34. The van der Waals surface area contributed by atoms with E-state index in [1.165, 1.54) is 12.5 Å². The van der Waals surface area contributed by atoms with Crippen molar-refractivity contribution in [2.24, 2.45) is 5.92 Å². The maximum Gasteiger partial charge on any atom is 0.261 e. The molecule has 0 aromatic carbocycles. The molecule has 0 aromatic heterocycles. The standard InChI is InChI=1S/C20H27N3O3/c1-3-15-17(19(25)21-18(15)24)16(4-2)22-10-12-23(13-11-22)20(26)14-8-6-5-7-9-14/h3-4,14H,1,5-13H2,2H3,(H,21,24,25)/b16-4+. The molecular formula is C20H27N3O3. The highest BCUT2D eigenvalue weighted by molar-refractivity contribution is 6.22. The lowest BCUT2D eigenvalue weighted by molar-refractivity contribution is -0.138. The van der Waals surface area contributed by atoms with Gasteiger partial charge in [0.05, 0.1) is 11.1 Å². The summed E-state index contributed by atoms with van der Waals surface area (Å²) in [7, 11) is 0. The molecule has 6 heteroatoms. The van der Waals surface area contributed by atoms with Gasteiger partial charge in [-0.3, -0.25) is 19.7 Å². The quantitative estimate of drug-likeness (QED) is 0.779. The third-order valence-electron chi connectivity index (χ3n) is 5.59. The fourth-order valence-corrected chi connectivity index (χ4v) is 4.18. The molecule has 0 bridgehead atoms. The van der Waals surface area contributed by atoms with Gasteiger partial charge in [-0.1, -0.05) is 38.0 Å². The van der Waals surface area contributed by atoms with Gasteiger partial charge in [-0.05, 0) is 19.8 Å². The maximum atomic E-state index is 12.7. The second kappa shape index (κ2) is 7.89. The zero-order valence-corrected chi connectivity index (χ0v) is 15.4. The van der Waals surface area contributed by atoms with E-state index in [0.717, 1.165) is 31.4 Å². The molecule has 6 nitrogen and oxygen atoms in total. The summed E-state index contributed by atoms with van der Waals surface area (Å²) in [5.74, 6) is -0.305. The van der Waals surface area contributed by atoms with Crippen molar-refractivity contribution in [1.82, 2.24) is 15.1 Å². The highest BCUT2D eigenvalue weighted by Crippen LogP contribution is 2.28. The zero-order valence-electron chi connectivity index (χ0n) is 15.4. The van der Waals surface area contributed by atoms with E-state index in [2.05, 4.69) is 16.8 Å². The molecule has 3 rings (SSSR count). The Morgan fingerprint density at radius 2 is 1.65 bits per heavy atom. The first-order valence-corrected chi connectivity index (χ1v) is 9.49. The molecule has 3 aliphatic rings. The number of piperazine rings is 1. The molecular weight excluding hydrogens is 330 g/mol. The first-order valence-electron chi connectivity index (χ1n) is 9.49. The Morgan fingerprint density at radius 1 is 1.04 bits per heavy atom. The van der Waals surface area contributed by atoms with Crippen molar-refractivity contribution in [3.63, 3.8) is 0 Å². The summed E-state index contributed by atoms with van der Waals surface area (Å²) < 4.78 is 0. The zero-order chi connectivity index (χ0) is 18.7. The van der Waals surface area contributed by atoms with Crippen molar-refractivity contribution in [3.05, 3.63) is 35.6 Å². The van der Waals surface area contributed by atoms with Crippen molar-refractivity contribution in [2.45, 2.75) is 39.0 Å². The highest BCUT2D eigenvalue weighted by Gasteiger charge is 2.34. The molecule has 2 heterocycles. The lowest BCUT2D eigenvalue weighted by atomic mass is 9.88. The fraction of sp³-hybridized carbons (Fsp3) is 0.550. The first-order chi connectivity index (χ1) is 12.6. The SMILES string of the molecule is C=CC1=C(/C(=C\C)N2CCN(C(=O)C3CCCCC3)CC2)C(=O)NC1=O. The van der Waals surface area contributed by atoms with Gasteiger partial charge < -0.3 is 9.80 Å². The molecule has 140 valence electrons. The van der Waals surface area contributed by atoms with Crippen LogP contribution in [-0.4, -0.2) is 53.7 Å². The van der Waals surface area contributed by atoms with Crippen LogP contribution in [0.2, 0.25) is 0 Å². The molecule has 1 N–H and O–H groups in total. The van der Waals surface area contributed by atoms with Crippen molar-refractivity contribution >= 4 is 17.7 Å². The van der Waals surface area contributed by atoms with Crippen LogP contribution >= 0.6 is 0 Å². The summed E-state index contributed by atoms with van der Waals surface area (Å²) in [5.41, 5.74) is 1.45. The van der Waals surface area contributed by atoms with Crippen molar-refractivity contribution < 1.29 is 14.4 Å². The molecule has 1 aliphatic carbocycles. The number of imide groups is 1. The van der Waals surface area contributed by atoms with E-state index < -0.39 is 5.91 Å². The molecule has 0 aromatic rings. The number of hydrogen-bond acceptors (Lipinski definition) is 4. The Balaban J connectivity index is 1.67. The normalized spacial score (nSPS) is 22.7. The van der Waals surface area contributed by atoms with Crippen LogP contribution < -0.4 is 5.32 Å². The van der Waals surface area contributed by atoms with Gasteiger partial charge in [0.2, 0.25) is 5.91 Å². The fourth-order valence-electron chi connectivity index (χ4n) is 4.18. The number of nitrogens with one attached hydrogen (secondary N) is 1. The summed E-state index contributed by atoms with van der Waals surface area (Å²) in [6.07, 6.45) is 8.86. The molecule has 0 radical (unpaired) electrons. The minimum absolute atomic E-state index is 0.185. The van der Waals surface area contributed by atoms with Gasteiger partial charge in [0.1, 0.15) is 0 Å². The first kappa shape index (κ1) is 18.4. The van der Waals surface area contributed by atoms with Crippen LogP contribution in [0.15, 0.2) is 35.6 Å². The van der Waals surface area contributed by atoms with Crippen molar-refractivity contribution in [3.8, 4) is 0 Å². The molecule has 3 amide bonds. The predicted molar refractivity (Wildman–Crippen MR) is 98.9 cm³/mol. The Labute approximate surface area is 154 Å². The van der Waals surface area contributed by atoms with Crippen LogP contribution in [0.25, 0.3) is 0 Å². The Bertz CT molecular complexity index is 678. The maximum absolute atomic E-state index is 12.7. The molecule has 2 aliphatic heterocycles. The molecule has 0 unspecified atom stereocenters. The number of rotatable bonds is 4. The largest absolute Gasteiger partial charge is 0.368 e. The van der Waals surface area contributed by atoms with Crippen LogP contribution in [0, 0.1) is 5.92 Å². The van der Waals surface area contributed by atoms with Crippen LogP contribution in [-0.2, 0) is 14.4 Å². The smallest absolute Gasteiger partial charge is 0.261 e. The number of carbonyl (C=O) groups excluding carboxylic acids is 3. The second-order valence-electron chi connectivity index (χ2n) is 7.10. The number of carbonyl (C=O) groups is 3. The van der Waals surface area contributed by atoms with Gasteiger partial charge in [-0.15, -0.1) is 0 Å². The number of amides is 3. The molecule has 0 spiro atoms. The summed E-state index contributed by atoms with van der Waals surface area (Å²) >= 11 is 0. The van der Waals surface area contributed by atoms with E-state index in [0.29, 0.717) is 37.3 Å². The van der Waals surface area contributed by atoms with E-state index in [1.807, 2.05) is 17.9 Å². The van der Waals surface area contributed by atoms with Crippen LogP contribution in [0.3, 0.4) is 0 Å². The highest BCUT2D eigenvalue weighted by atomic mass is 16.2. The third kappa shape index (κ3) is 3.45. The number of allylic oxidation sites excluding steroid dienone is 1. The van der Waals surface area contributed by atoms with E-state index in [-0.39, 0.29) is 17.7 Å². The Hall–Kier alpha value is -2.37. The molecule has 2 fully saturated rings. The van der Waals surface area contributed by atoms with Gasteiger partial charge in [-0.2, -0.15) is 0 Å². The van der Waals surface area contributed by atoms with E-state index >= 15 is 0 Å². The molecule has 1 saturated heterocycles. The Kier molecular flexibility index (Phi) is 5.59. The van der Waals surface area contributed by atoms with Gasteiger partial charge in [0.15, 0.2) is 0 Å². The van der Waals surface area contributed by atoms with E-state index in [9.17, 15) is 14.4 Å². The summed E-state index contributed by atoms with van der Waals surface area (Å²) in [6.45, 7) is 8.14. The molecule has 26 heavy (non-hydrogen) atoms. The predicted octanol–water partition coefficient (Wildman–Crippen LogP) is 1.75. The molecule has 1 saturated carbocycles. The van der Waals surface area contributed by atoms with Crippen molar-refractivity contribution in [1.29, 1.82) is 0 Å². The minimum Gasteiger partial charge on any atom is -0.368 e. The minimum atomic E-state index is -0.398. The Morgan fingerprint density at radius 3 is 2.23 bits per heavy atom. The third-order valence-corrected chi connectivity index (χ3v) is 5.59. The van der Waals surface area contributed by atoms with Gasteiger partial charge in [-0.25, -0.2) is 0 Å². The van der Waals surface area contributed by atoms with Gasteiger partial charge in [0, 0.05) is 37.8 Å². The monoisotopic (exact) mass is 357 g/mol. The average molecular weight is 357 g/mol. The average Bonchev–Trinajstić information content (AvgIpc) is 2.96. The lowest BCUT2D eigenvalue weighted by Gasteiger charge is -2.39. The number of hydrogen-bond donors (Lipinski definition) is 1. The van der Waals surface area contributed by atoms with Crippen molar-refractivity contribution in [2.75, 3.05) is 26.2 Å². The van der Waals surface area contributed by atoms with Crippen LogP contribution in [0.4, 0.5) is 0 Å². The van der Waals surface area contributed by atoms with E-state index in [1.54, 1.807) is 0 Å². The van der Waals surface area contributed by atoms with Crippen LogP contribution in [0.1, 0.15) is 39.0 Å². The summed E-state index contributed by atoms with van der Waals surface area (Å²) in [4.78, 5) is 40.8. The second-order valence-corrected chi connectivity index (χ2v) is 7.10. The summed E-state index contributed by atoms with van der Waals surface area (Å²) in [6, 6.07) is 0. The topological polar surface area (TPSA) is 69.7 Å². The van der Waals surface area contributed by atoms with Crippen LogP contribution in [0.5, 0.6) is 0 Å². The molecule has 0 atom stereocenters. The van der Waals surface area contributed by atoms with E-state index in [4.69, 9.17) is 0 Å². The van der Waals surface area contributed by atoms with Gasteiger partial charge >= 0.3 is 0 Å². The van der Waals surface area contributed by atoms with Gasteiger partial charge in [0.25, 0.3) is 11.8 Å². The number of nitrogens with zero attached hydrogens (tertiary/aromatic N) is 2.